The topological polar surface area (TPSA) is 64.0 Å². The van der Waals surface area contributed by atoms with Crippen LogP contribution in [-0.4, -0.2) is 46.2 Å². The standard InChI is InChI=1S/C16H14ClN5O/c17-13-12-10-18-14(11-4-2-1-3-5-11)20-15(12)21-16(19-13)22-6-8-23-9-7-22/h1-5,10H,6-9H2. The van der Waals surface area contributed by atoms with E-state index in [1.54, 1.807) is 6.20 Å². The molecule has 1 aromatic carbocycles. The predicted molar refractivity (Wildman–Crippen MR) is 88.6 cm³/mol. The molecule has 0 amide bonds. The summed E-state index contributed by atoms with van der Waals surface area (Å²) >= 11 is 6.29. The third kappa shape index (κ3) is 2.83. The van der Waals surface area contributed by atoms with E-state index in [4.69, 9.17) is 16.3 Å². The molecule has 3 aromatic rings. The molecule has 1 fully saturated rings. The number of nitrogens with zero attached hydrogens (tertiary/aromatic N) is 5. The van der Waals surface area contributed by atoms with Gasteiger partial charge in [-0.05, 0) is 0 Å². The number of morpholine rings is 1. The van der Waals surface area contributed by atoms with Crippen LogP contribution in [0, 0.1) is 0 Å². The van der Waals surface area contributed by atoms with E-state index in [0.29, 0.717) is 41.2 Å². The van der Waals surface area contributed by atoms with Gasteiger partial charge in [0.2, 0.25) is 5.95 Å². The van der Waals surface area contributed by atoms with E-state index in [-0.39, 0.29) is 0 Å². The molecule has 1 aliphatic heterocycles. The molecule has 7 heteroatoms. The highest BCUT2D eigenvalue weighted by atomic mass is 35.5. The zero-order chi connectivity index (χ0) is 15.6. The molecule has 0 unspecified atom stereocenters. The van der Waals surface area contributed by atoms with E-state index in [9.17, 15) is 0 Å². The van der Waals surface area contributed by atoms with Crippen molar-refractivity contribution in [3.05, 3.63) is 41.7 Å². The second-order valence-electron chi connectivity index (χ2n) is 5.21. The largest absolute Gasteiger partial charge is 0.378 e. The first kappa shape index (κ1) is 14.3. The van der Waals surface area contributed by atoms with Crippen LogP contribution in [0.15, 0.2) is 36.5 Å². The maximum Gasteiger partial charge on any atom is 0.229 e. The summed E-state index contributed by atoms with van der Waals surface area (Å²) < 4.78 is 5.36. The van der Waals surface area contributed by atoms with Crippen LogP contribution in [0.5, 0.6) is 0 Å². The van der Waals surface area contributed by atoms with Gasteiger partial charge in [0, 0.05) is 24.8 Å². The van der Waals surface area contributed by atoms with E-state index < -0.39 is 0 Å². The van der Waals surface area contributed by atoms with E-state index in [1.807, 2.05) is 30.3 Å². The van der Waals surface area contributed by atoms with E-state index in [0.717, 1.165) is 18.7 Å². The first-order valence-corrected chi connectivity index (χ1v) is 7.77. The van der Waals surface area contributed by atoms with Crippen molar-refractivity contribution in [2.45, 2.75) is 0 Å². The average Bonchev–Trinajstić information content (AvgIpc) is 2.63. The number of anilines is 1. The summed E-state index contributed by atoms with van der Waals surface area (Å²) in [6.45, 7) is 2.83. The molecular weight excluding hydrogens is 314 g/mol. The first-order chi connectivity index (χ1) is 11.3. The van der Waals surface area contributed by atoms with Crippen LogP contribution in [0.25, 0.3) is 22.4 Å². The highest BCUT2D eigenvalue weighted by Crippen LogP contribution is 2.24. The fourth-order valence-electron chi connectivity index (χ4n) is 2.50. The SMILES string of the molecule is Clc1nc(N2CCOCC2)nc2nc(-c3ccccc3)ncc12. The summed E-state index contributed by atoms with van der Waals surface area (Å²) in [5.74, 6) is 1.21. The lowest BCUT2D eigenvalue weighted by molar-refractivity contribution is 0.122. The summed E-state index contributed by atoms with van der Waals surface area (Å²) in [5, 5.41) is 1.03. The van der Waals surface area contributed by atoms with Crippen molar-refractivity contribution in [2.24, 2.45) is 0 Å². The Morgan fingerprint density at radius 1 is 1.00 bits per heavy atom. The Balaban J connectivity index is 1.79. The fraction of sp³-hybridized carbons (Fsp3) is 0.250. The number of aromatic nitrogens is 4. The minimum atomic E-state index is 0.371. The minimum absolute atomic E-state index is 0.371. The van der Waals surface area contributed by atoms with Crippen molar-refractivity contribution in [1.29, 1.82) is 0 Å². The molecule has 0 radical (unpaired) electrons. The zero-order valence-electron chi connectivity index (χ0n) is 12.3. The quantitative estimate of drug-likeness (QED) is 0.674. The molecule has 23 heavy (non-hydrogen) atoms. The number of benzene rings is 1. The Bertz CT molecular complexity index is 836. The van der Waals surface area contributed by atoms with Crippen molar-refractivity contribution in [1.82, 2.24) is 19.9 Å². The van der Waals surface area contributed by atoms with Gasteiger partial charge in [-0.25, -0.2) is 15.0 Å². The van der Waals surface area contributed by atoms with E-state index in [1.165, 1.54) is 0 Å². The molecule has 116 valence electrons. The van der Waals surface area contributed by atoms with Crippen molar-refractivity contribution >= 4 is 28.6 Å². The number of ether oxygens (including phenoxy) is 1. The monoisotopic (exact) mass is 327 g/mol. The summed E-state index contributed by atoms with van der Waals surface area (Å²) in [7, 11) is 0. The van der Waals surface area contributed by atoms with Crippen LogP contribution in [0.2, 0.25) is 5.15 Å². The number of hydrogen-bond donors (Lipinski definition) is 0. The molecule has 0 saturated carbocycles. The van der Waals surface area contributed by atoms with Crippen LogP contribution in [0.3, 0.4) is 0 Å². The van der Waals surface area contributed by atoms with Gasteiger partial charge in [-0.2, -0.15) is 4.98 Å². The molecule has 6 nitrogen and oxygen atoms in total. The van der Waals surface area contributed by atoms with Crippen molar-refractivity contribution in [3.8, 4) is 11.4 Å². The lowest BCUT2D eigenvalue weighted by atomic mass is 10.2. The molecule has 0 atom stereocenters. The van der Waals surface area contributed by atoms with Crippen LogP contribution in [0.4, 0.5) is 5.95 Å². The smallest absolute Gasteiger partial charge is 0.229 e. The third-order valence-electron chi connectivity index (χ3n) is 3.72. The van der Waals surface area contributed by atoms with E-state index >= 15 is 0 Å². The Morgan fingerprint density at radius 3 is 2.57 bits per heavy atom. The summed E-state index contributed by atoms with van der Waals surface area (Å²) in [5.41, 5.74) is 1.50. The van der Waals surface area contributed by atoms with Gasteiger partial charge in [-0.3, -0.25) is 0 Å². The van der Waals surface area contributed by atoms with Crippen LogP contribution in [0.1, 0.15) is 0 Å². The highest BCUT2D eigenvalue weighted by Gasteiger charge is 2.17. The second-order valence-corrected chi connectivity index (χ2v) is 5.57. The molecule has 0 aliphatic carbocycles. The lowest BCUT2D eigenvalue weighted by Crippen LogP contribution is -2.37. The number of hydrogen-bond acceptors (Lipinski definition) is 6. The molecule has 0 bridgehead atoms. The molecule has 3 heterocycles. The maximum absolute atomic E-state index is 6.29. The summed E-state index contributed by atoms with van der Waals surface area (Å²) in [6, 6.07) is 9.80. The van der Waals surface area contributed by atoms with E-state index in [2.05, 4.69) is 24.8 Å². The van der Waals surface area contributed by atoms with Crippen molar-refractivity contribution in [3.63, 3.8) is 0 Å². The van der Waals surface area contributed by atoms with Gasteiger partial charge in [-0.1, -0.05) is 41.9 Å². The molecule has 0 N–H and O–H groups in total. The van der Waals surface area contributed by atoms with Gasteiger partial charge in [0.25, 0.3) is 0 Å². The Kier molecular flexibility index (Phi) is 3.77. The molecule has 0 spiro atoms. The zero-order valence-corrected chi connectivity index (χ0v) is 13.1. The summed E-state index contributed by atoms with van der Waals surface area (Å²) in [6.07, 6.45) is 1.68. The van der Waals surface area contributed by atoms with Crippen LogP contribution < -0.4 is 4.90 Å². The maximum atomic E-state index is 6.29. The van der Waals surface area contributed by atoms with Crippen molar-refractivity contribution < 1.29 is 4.74 Å². The van der Waals surface area contributed by atoms with Gasteiger partial charge < -0.3 is 9.64 Å². The molecule has 4 rings (SSSR count). The van der Waals surface area contributed by atoms with Crippen molar-refractivity contribution in [2.75, 3.05) is 31.2 Å². The van der Waals surface area contributed by atoms with Gasteiger partial charge >= 0.3 is 0 Å². The fourth-order valence-corrected chi connectivity index (χ4v) is 2.71. The molecule has 1 saturated heterocycles. The number of rotatable bonds is 2. The molecule has 2 aromatic heterocycles. The first-order valence-electron chi connectivity index (χ1n) is 7.40. The van der Waals surface area contributed by atoms with Gasteiger partial charge in [0.1, 0.15) is 5.15 Å². The normalized spacial score (nSPS) is 15.1. The number of halogens is 1. The predicted octanol–water partition coefficient (Wildman–Crippen LogP) is 2.58. The van der Waals surface area contributed by atoms with Gasteiger partial charge in [-0.15, -0.1) is 0 Å². The average molecular weight is 328 g/mol. The Labute approximate surface area is 138 Å². The Hall–Kier alpha value is -2.31. The molecular formula is C16H14ClN5O. The Morgan fingerprint density at radius 2 is 1.78 bits per heavy atom. The summed E-state index contributed by atoms with van der Waals surface area (Å²) in [4.78, 5) is 19.9. The lowest BCUT2D eigenvalue weighted by Gasteiger charge is -2.26. The van der Waals surface area contributed by atoms with Crippen LogP contribution in [-0.2, 0) is 4.74 Å². The highest BCUT2D eigenvalue weighted by molar-refractivity contribution is 6.34. The van der Waals surface area contributed by atoms with Gasteiger partial charge in [0.15, 0.2) is 11.5 Å². The number of fused-ring (bicyclic) bond motifs is 1. The van der Waals surface area contributed by atoms with Crippen LogP contribution >= 0.6 is 11.6 Å². The molecule has 1 aliphatic rings. The minimum Gasteiger partial charge on any atom is -0.378 e. The third-order valence-corrected chi connectivity index (χ3v) is 4.01. The second kappa shape index (κ2) is 6.06. The van der Waals surface area contributed by atoms with Gasteiger partial charge in [0.05, 0.1) is 18.6 Å².